The van der Waals surface area contributed by atoms with Crippen molar-refractivity contribution in [1.29, 1.82) is 0 Å². The molecule has 3 aliphatic rings. The predicted octanol–water partition coefficient (Wildman–Crippen LogP) is 5.02. The Kier molecular flexibility index (Phi) is 11.0. The van der Waals surface area contributed by atoms with Crippen LogP contribution in [0, 0.1) is 0 Å². The normalized spacial score (nSPS) is 24.7. The fraction of sp³-hybridized carbons (Fsp3) is 0.459. The molecule has 3 N–H and O–H groups in total. The van der Waals surface area contributed by atoms with Crippen LogP contribution in [0.2, 0.25) is 0 Å². The summed E-state index contributed by atoms with van der Waals surface area (Å²) >= 11 is 0. The lowest BCUT2D eigenvalue weighted by Crippen LogP contribution is -2.50. The quantitative estimate of drug-likeness (QED) is 0.276. The molecular weight excluding hydrogens is 639 g/mol. The SMILES string of the molecule is O=C(NCc1ccccc1-c1ccc(C2OC(CN3CCCC3CO)CC(c3ccc(CO)cc3)O2)cc1)C1CCCN1C(=O)C(F)(F)F. The molecule has 49 heavy (non-hydrogen) atoms. The van der Waals surface area contributed by atoms with Crippen LogP contribution in [0.15, 0.2) is 72.8 Å². The second-order valence-corrected chi connectivity index (χ2v) is 13.0. The van der Waals surface area contributed by atoms with Crippen LogP contribution in [-0.2, 0) is 32.2 Å². The topological polar surface area (TPSA) is 112 Å². The van der Waals surface area contributed by atoms with Gasteiger partial charge in [0.2, 0.25) is 5.91 Å². The number of halogens is 3. The van der Waals surface area contributed by atoms with Crippen LogP contribution in [-0.4, -0.2) is 82.4 Å². The predicted molar refractivity (Wildman–Crippen MR) is 175 cm³/mol. The number of carbonyl (C=O) groups is 2. The van der Waals surface area contributed by atoms with Crippen molar-refractivity contribution in [2.45, 2.75) is 82.0 Å². The molecule has 3 aromatic rings. The van der Waals surface area contributed by atoms with E-state index in [2.05, 4.69) is 10.2 Å². The summed E-state index contributed by atoms with van der Waals surface area (Å²) < 4.78 is 52.2. The van der Waals surface area contributed by atoms with Gasteiger partial charge in [-0.25, -0.2) is 0 Å². The van der Waals surface area contributed by atoms with E-state index in [1.54, 1.807) is 0 Å². The number of hydrogen-bond acceptors (Lipinski definition) is 7. The van der Waals surface area contributed by atoms with Crippen LogP contribution in [0.5, 0.6) is 0 Å². The molecule has 0 spiro atoms. The van der Waals surface area contributed by atoms with Crippen LogP contribution < -0.4 is 5.32 Å². The van der Waals surface area contributed by atoms with Crippen LogP contribution in [0.3, 0.4) is 0 Å². The maximum absolute atomic E-state index is 13.1. The van der Waals surface area contributed by atoms with Crippen molar-refractivity contribution in [2.24, 2.45) is 0 Å². The highest BCUT2D eigenvalue weighted by atomic mass is 19.4. The van der Waals surface area contributed by atoms with Crippen LogP contribution in [0.25, 0.3) is 11.1 Å². The third-order valence-corrected chi connectivity index (χ3v) is 9.79. The molecule has 3 saturated heterocycles. The first-order valence-corrected chi connectivity index (χ1v) is 16.8. The third-order valence-electron chi connectivity index (χ3n) is 9.79. The Bertz CT molecular complexity index is 1590. The lowest BCUT2D eigenvalue weighted by atomic mass is 9.97. The fourth-order valence-corrected chi connectivity index (χ4v) is 7.16. The zero-order valence-electron chi connectivity index (χ0n) is 27.1. The molecule has 0 aliphatic carbocycles. The fourth-order valence-electron chi connectivity index (χ4n) is 7.16. The van der Waals surface area contributed by atoms with E-state index >= 15 is 0 Å². The van der Waals surface area contributed by atoms with E-state index < -0.39 is 30.3 Å². The Morgan fingerprint density at radius 2 is 1.59 bits per heavy atom. The minimum Gasteiger partial charge on any atom is -0.395 e. The average Bonchev–Trinajstić information content (AvgIpc) is 3.80. The molecule has 3 heterocycles. The van der Waals surface area contributed by atoms with E-state index in [0.29, 0.717) is 24.3 Å². The molecule has 0 radical (unpaired) electrons. The Morgan fingerprint density at radius 1 is 0.878 bits per heavy atom. The maximum Gasteiger partial charge on any atom is 0.471 e. The minimum absolute atomic E-state index is 0.0401. The summed E-state index contributed by atoms with van der Waals surface area (Å²) in [6.45, 7) is 1.64. The van der Waals surface area contributed by atoms with Crippen molar-refractivity contribution in [3.05, 3.63) is 95.1 Å². The van der Waals surface area contributed by atoms with E-state index in [-0.39, 0.29) is 51.0 Å². The summed E-state index contributed by atoms with van der Waals surface area (Å²) in [6, 6.07) is 21.9. The van der Waals surface area contributed by atoms with Gasteiger partial charge in [-0.2, -0.15) is 13.2 Å². The molecule has 9 nitrogen and oxygen atoms in total. The number of benzene rings is 3. The second kappa shape index (κ2) is 15.4. The summed E-state index contributed by atoms with van der Waals surface area (Å²) in [7, 11) is 0. The molecule has 2 amide bonds. The van der Waals surface area contributed by atoms with E-state index in [9.17, 15) is 33.0 Å². The molecular formula is C37H42F3N3O6. The Hall–Kier alpha value is -3.81. The number of ether oxygens (including phenoxy) is 2. The van der Waals surface area contributed by atoms with Crippen LogP contribution in [0.1, 0.15) is 66.8 Å². The van der Waals surface area contributed by atoms with Gasteiger partial charge < -0.3 is 29.9 Å². The number of nitrogens with one attached hydrogen (secondary N) is 1. The smallest absolute Gasteiger partial charge is 0.395 e. The highest BCUT2D eigenvalue weighted by molar-refractivity contribution is 5.90. The number of carbonyl (C=O) groups excluding carboxylic acids is 2. The molecule has 3 fully saturated rings. The number of hydrogen-bond donors (Lipinski definition) is 3. The number of aliphatic hydroxyl groups is 2. The summed E-state index contributed by atoms with van der Waals surface area (Å²) in [5, 5.41) is 22.1. The first-order chi connectivity index (χ1) is 23.6. The van der Waals surface area contributed by atoms with Crippen molar-refractivity contribution < 1.29 is 42.4 Å². The van der Waals surface area contributed by atoms with Gasteiger partial charge in [-0.1, -0.05) is 72.8 Å². The zero-order chi connectivity index (χ0) is 34.5. The van der Waals surface area contributed by atoms with Crippen molar-refractivity contribution in [3.8, 4) is 11.1 Å². The zero-order valence-corrected chi connectivity index (χ0v) is 27.1. The number of alkyl halides is 3. The highest BCUT2D eigenvalue weighted by Crippen LogP contribution is 2.39. The van der Waals surface area contributed by atoms with Crippen LogP contribution >= 0.6 is 0 Å². The highest BCUT2D eigenvalue weighted by Gasteiger charge is 2.47. The molecule has 0 saturated carbocycles. The lowest BCUT2D eigenvalue weighted by molar-refractivity contribution is -0.253. The van der Waals surface area contributed by atoms with Crippen molar-refractivity contribution >= 4 is 11.8 Å². The van der Waals surface area contributed by atoms with Crippen molar-refractivity contribution in [3.63, 3.8) is 0 Å². The van der Waals surface area contributed by atoms with Crippen LogP contribution in [0.4, 0.5) is 13.2 Å². The molecule has 6 rings (SSSR count). The van der Waals surface area contributed by atoms with Gasteiger partial charge >= 0.3 is 12.1 Å². The van der Waals surface area contributed by atoms with Gasteiger partial charge in [0.25, 0.3) is 0 Å². The lowest BCUT2D eigenvalue weighted by Gasteiger charge is -2.38. The number of nitrogens with zero attached hydrogens (tertiary/aromatic N) is 2. The number of rotatable bonds is 10. The van der Waals surface area contributed by atoms with Gasteiger partial charge in [0, 0.05) is 37.7 Å². The summed E-state index contributed by atoms with van der Waals surface area (Å²) in [5.74, 6) is -2.60. The minimum atomic E-state index is -5.03. The van der Waals surface area contributed by atoms with Gasteiger partial charge in [0.05, 0.1) is 25.4 Å². The first kappa shape index (κ1) is 35.0. The summed E-state index contributed by atoms with van der Waals surface area (Å²) in [4.78, 5) is 27.7. The monoisotopic (exact) mass is 681 g/mol. The van der Waals surface area contributed by atoms with E-state index in [1.807, 2.05) is 72.8 Å². The second-order valence-electron chi connectivity index (χ2n) is 13.0. The summed E-state index contributed by atoms with van der Waals surface area (Å²) in [5.41, 5.74) is 5.13. The Balaban J connectivity index is 1.16. The van der Waals surface area contributed by atoms with Crippen molar-refractivity contribution in [2.75, 3.05) is 26.2 Å². The third kappa shape index (κ3) is 8.16. The molecule has 5 unspecified atom stereocenters. The molecule has 12 heteroatoms. The van der Waals surface area contributed by atoms with E-state index in [0.717, 1.165) is 52.8 Å². The molecule has 5 atom stereocenters. The number of amides is 2. The molecule has 3 aliphatic heterocycles. The summed E-state index contributed by atoms with van der Waals surface area (Å²) in [6.07, 6.45) is -2.91. The maximum atomic E-state index is 13.1. The largest absolute Gasteiger partial charge is 0.471 e. The molecule has 262 valence electrons. The van der Waals surface area contributed by atoms with Gasteiger partial charge in [-0.3, -0.25) is 14.5 Å². The molecule has 0 aromatic heterocycles. The number of likely N-dealkylation sites (tertiary alicyclic amines) is 2. The van der Waals surface area contributed by atoms with Crippen molar-refractivity contribution in [1.82, 2.24) is 15.1 Å². The number of aliphatic hydroxyl groups excluding tert-OH is 2. The van der Waals surface area contributed by atoms with E-state index in [1.165, 1.54) is 0 Å². The Labute approximate surface area is 283 Å². The van der Waals surface area contributed by atoms with Gasteiger partial charge in [-0.15, -0.1) is 0 Å². The van der Waals surface area contributed by atoms with Gasteiger partial charge in [0.15, 0.2) is 6.29 Å². The standard InChI is InChI=1S/C37H42F3N3O6/c38-37(39,40)36(47)43-18-4-8-32(43)34(46)41-20-28-5-1-2-7-31(28)25-13-15-27(16-14-25)35-48-30(21-42-17-3-6-29(42)23-45)19-33(49-35)26-11-9-24(22-44)10-12-26/h1-2,5,7,9-16,29-30,32-33,35,44-45H,3-4,6,8,17-23H2,(H,41,46). The average molecular weight is 682 g/mol. The Morgan fingerprint density at radius 3 is 2.31 bits per heavy atom. The molecule has 0 bridgehead atoms. The van der Waals surface area contributed by atoms with E-state index in [4.69, 9.17) is 9.47 Å². The van der Waals surface area contributed by atoms with Gasteiger partial charge in [-0.05, 0) is 60.0 Å². The first-order valence-electron chi connectivity index (χ1n) is 16.8. The van der Waals surface area contributed by atoms with Gasteiger partial charge in [0.1, 0.15) is 6.04 Å². The molecule has 3 aromatic carbocycles.